The number of benzene rings is 1. The van der Waals surface area contributed by atoms with Gasteiger partial charge in [0.25, 0.3) is 5.56 Å². The van der Waals surface area contributed by atoms with Gasteiger partial charge in [0.1, 0.15) is 0 Å². The molecule has 0 saturated carbocycles. The maximum absolute atomic E-state index is 11.8. The largest absolute Gasteiger partial charge is 0.341 e. The number of aromatic nitrogens is 2. The van der Waals surface area contributed by atoms with Crippen LogP contribution in [0.4, 0.5) is 5.95 Å². The van der Waals surface area contributed by atoms with E-state index in [9.17, 15) is 4.79 Å². The van der Waals surface area contributed by atoms with Crippen LogP contribution in [0.25, 0.3) is 11.3 Å². The molecular weight excluding hydrogens is 240 g/mol. The fourth-order valence-electron chi connectivity index (χ4n) is 2.33. The molecule has 1 aromatic carbocycles. The van der Waals surface area contributed by atoms with Gasteiger partial charge in [-0.15, -0.1) is 0 Å². The van der Waals surface area contributed by atoms with Gasteiger partial charge in [0.05, 0.1) is 5.69 Å². The van der Waals surface area contributed by atoms with Crippen molar-refractivity contribution in [3.05, 3.63) is 46.8 Å². The minimum atomic E-state index is -0.135. The van der Waals surface area contributed by atoms with E-state index in [1.54, 1.807) is 0 Å². The molecule has 0 spiro atoms. The van der Waals surface area contributed by atoms with Gasteiger partial charge in [-0.3, -0.25) is 9.78 Å². The van der Waals surface area contributed by atoms with Gasteiger partial charge < -0.3 is 10.6 Å². The number of aromatic amines is 1. The fraction of sp³-hybridized carbons (Fsp3) is 0.286. The lowest BCUT2D eigenvalue weighted by molar-refractivity contribution is 0.750. The summed E-state index contributed by atoms with van der Waals surface area (Å²) in [6.45, 7) is 1.57. The first-order chi connectivity index (χ1) is 9.22. The normalized spacial score (nSPS) is 18.8. The molecule has 1 aromatic heterocycles. The SMILES string of the molecule is N[C@@H]1CCN(c2nc(-c3ccccc3)cc(=O)[nH]2)C1. The van der Waals surface area contributed by atoms with Crippen LogP contribution in [0.2, 0.25) is 0 Å². The zero-order valence-electron chi connectivity index (χ0n) is 10.5. The van der Waals surface area contributed by atoms with Crippen molar-refractivity contribution in [3.63, 3.8) is 0 Å². The van der Waals surface area contributed by atoms with Crippen molar-refractivity contribution in [3.8, 4) is 11.3 Å². The molecule has 0 aliphatic carbocycles. The van der Waals surface area contributed by atoms with Gasteiger partial charge in [0, 0.05) is 30.8 Å². The lowest BCUT2D eigenvalue weighted by Gasteiger charge is -2.16. The number of hydrogen-bond donors (Lipinski definition) is 2. The fourth-order valence-corrected chi connectivity index (χ4v) is 2.33. The van der Waals surface area contributed by atoms with E-state index in [1.807, 2.05) is 35.2 Å². The molecule has 3 N–H and O–H groups in total. The van der Waals surface area contributed by atoms with Crippen molar-refractivity contribution >= 4 is 5.95 Å². The Morgan fingerprint density at radius 2 is 2.11 bits per heavy atom. The average molecular weight is 256 g/mol. The maximum Gasteiger partial charge on any atom is 0.252 e. The molecule has 19 heavy (non-hydrogen) atoms. The van der Waals surface area contributed by atoms with E-state index in [0.717, 1.165) is 25.1 Å². The zero-order valence-corrected chi connectivity index (χ0v) is 10.5. The van der Waals surface area contributed by atoms with Crippen molar-refractivity contribution in [2.75, 3.05) is 18.0 Å². The van der Waals surface area contributed by atoms with Crippen LogP contribution in [0.1, 0.15) is 6.42 Å². The summed E-state index contributed by atoms with van der Waals surface area (Å²) in [4.78, 5) is 21.1. The Morgan fingerprint density at radius 1 is 1.32 bits per heavy atom. The first kappa shape index (κ1) is 11.9. The highest BCUT2D eigenvalue weighted by Gasteiger charge is 2.21. The number of rotatable bonds is 2. The third-order valence-corrected chi connectivity index (χ3v) is 3.32. The number of hydrogen-bond acceptors (Lipinski definition) is 4. The molecule has 3 rings (SSSR count). The van der Waals surface area contributed by atoms with Gasteiger partial charge >= 0.3 is 0 Å². The molecule has 2 heterocycles. The Labute approximate surface area is 111 Å². The van der Waals surface area contributed by atoms with Gasteiger partial charge in [0.2, 0.25) is 5.95 Å². The van der Waals surface area contributed by atoms with Crippen molar-refractivity contribution in [1.29, 1.82) is 0 Å². The van der Waals surface area contributed by atoms with Crippen LogP contribution in [0.3, 0.4) is 0 Å². The quantitative estimate of drug-likeness (QED) is 0.839. The summed E-state index contributed by atoms with van der Waals surface area (Å²) in [5.41, 5.74) is 7.39. The van der Waals surface area contributed by atoms with E-state index in [2.05, 4.69) is 9.97 Å². The highest BCUT2D eigenvalue weighted by atomic mass is 16.1. The molecule has 1 atom stereocenters. The number of nitrogens with two attached hydrogens (primary N) is 1. The summed E-state index contributed by atoms with van der Waals surface area (Å²) in [5, 5.41) is 0. The van der Waals surface area contributed by atoms with Crippen molar-refractivity contribution < 1.29 is 0 Å². The smallest absolute Gasteiger partial charge is 0.252 e. The highest BCUT2D eigenvalue weighted by molar-refractivity contribution is 5.59. The Kier molecular flexibility index (Phi) is 3.05. The Bertz CT molecular complexity index is 623. The third-order valence-electron chi connectivity index (χ3n) is 3.32. The Morgan fingerprint density at radius 3 is 2.79 bits per heavy atom. The molecule has 2 aromatic rings. The predicted octanol–water partition coefficient (Wildman–Crippen LogP) is 0.974. The average Bonchev–Trinajstić information content (AvgIpc) is 2.86. The lowest BCUT2D eigenvalue weighted by atomic mass is 10.1. The number of nitrogens with one attached hydrogen (secondary N) is 1. The van der Waals surface area contributed by atoms with Gasteiger partial charge in [0.15, 0.2) is 0 Å². The monoisotopic (exact) mass is 256 g/mol. The molecule has 0 amide bonds. The summed E-state index contributed by atoms with van der Waals surface area (Å²) in [6, 6.07) is 11.4. The number of H-pyrrole nitrogens is 1. The maximum atomic E-state index is 11.8. The summed E-state index contributed by atoms with van der Waals surface area (Å²) in [7, 11) is 0. The molecule has 0 bridgehead atoms. The molecule has 5 heteroatoms. The van der Waals surface area contributed by atoms with Crippen molar-refractivity contribution in [2.24, 2.45) is 5.73 Å². The van der Waals surface area contributed by atoms with Crippen LogP contribution in [0, 0.1) is 0 Å². The number of anilines is 1. The summed E-state index contributed by atoms with van der Waals surface area (Å²) < 4.78 is 0. The first-order valence-electron chi connectivity index (χ1n) is 6.40. The standard InChI is InChI=1S/C14H16N4O/c15-11-6-7-18(9-11)14-16-12(8-13(19)17-14)10-4-2-1-3-5-10/h1-5,8,11H,6-7,9,15H2,(H,16,17,19)/t11-/m1/s1. The van der Waals surface area contributed by atoms with E-state index < -0.39 is 0 Å². The highest BCUT2D eigenvalue weighted by Crippen LogP contribution is 2.19. The lowest BCUT2D eigenvalue weighted by Crippen LogP contribution is -2.29. The van der Waals surface area contributed by atoms with E-state index >= 15 is 0 Å². The summed E-state index contributed by atoms with van der Waals surface area (Å²) >= 11 is 0. The molecule has 1 aliphatic heterocycles. The van der Waals surface area contributed by atoms with E-state index in [1.165, 1.54) is 6.07 Å². The minimum absolute atomic E-state index is 0.135. The molecule has 0 radical (unpaired) electrons. The molecule has 5 nitrogen and oxygen atoms in total. The van der Waals surface area contributed by atoms with E-state index in [-0.39, 0.29) is 11.6 Å². The first-order valence-corrected chi connectivity index (χ1v) is 6.40. The molecule has 98 valence electrons. The number of nitrogens with zero attached hydrogens (tertiary/aromatic N) is 2. The van der Waals surface area contributed by atoms with Crippen LogP contribution >= 0.6 is 0 Å². The minimum Gasteiger partial charge on any atom is -0.341 e. The Hall–Kier alpha value is -2.14. The van der Waals surface area contributed by atoms with Gasteiger partial charge in [-0.2, -0.15) is 0 Å². The summed E-state index contributed by atoms with van der Waals surface area (Å²) in [6.07, 6.45) is 0.930. The molecule has 0 unspecified atom stereocenters. The second-order valence-corrected chi connectivity index (χ2v) is 4.82. The van der Waals surface area contributed by atoms with Crippen LogP contribution in [0.5, 0.6) is 0 Å². The summed E-state index contributed by atoms with van der Waals surface area (Å²) in [5.74, 6) is 0.610. The van der Waals surface area contributed by atoms with Crippen LogP contribution < -0.4 is 16.2 Å². The van der Waals surface area contributed by atoms with Crippen molar-refractivity contribution in [1.82, 2.24) is 9.97 Å². The Balaban J connectivity index is 1.99. The van der Waals surface area contributed by atoms with E-state index in [0.29, 0.717) is 11.6 Å². The zero-order chi connectivity index (χ0) is 13.2. The van der Waals surface area contributed by atoms with Crippen molar-refractivity contribution in [2.45, 2.75) is 12.5 Å². The van der Waals surface area contributed by atoms with Crippen LogP contribution in [-0.2, 0) is 0 Å². The van der Waals surface area contributed by atoms with Gasteiger partial charge in [-0.25, -0.2) is 4.98 Å². The van der Waals surface area contributed by atoms with Crippen LogP contribution in [-0.4, -0.2) is 29.1 Å². The van der Waals surface area contributed by atoms with Crippen LogP contribution in [0.15, 0.2) is 41.2 Å². The second-order valence-electron chi connectivity index (χ2n) is 4.82. The molecule has 1 fully saturated rings. The van der Waals surface area contributed by atoms with Gasteiger partial charge in [-0.05, 0) is 6.42 Å². The molecule has 1 saturated heterocycles. The molecule has 1 aliphatic rings. The van der Waals surface area contributed by atoms with E-state index in [4.69, 9.17) is 5.73 Å². The third kappa shape index (κ3) is 2.51. The predicted molar refractivity (Wildman–Crippen MR) is 75.1 cm³/mol. The topological polar surface area (TPSA) is 75.0 Å². The molecular formula is C14H16N4O. The second kappa shape index (κ2) is 4.85. The van der Waals surface area contributed by atoms with Gasteiger partial charge in [-0.1, -0.05) is 30.3 Å².